The summed E-state index contributed by atoms with van der Waals surface area (Å²) in [5.74, 6) is 0.0922. The second-order valence-corrected chi connectivity index (χ2v) is 8.53. The quantitative estimate of drug-likeness (QED) is 0.446. The van der Waals surface area contributed by atoms with Crippen LogP contribution in [0.1, 0.15) is 6.42 Å². The Morgan fingerprint density at radius 1 is 1.38 bits per heavy atom. The number of rotatable bonds is 5. The van der Waals surface area contributed by atoms with Crippen molar-refractivity contribution in [1.29, 1.82) is 5.26 Å². The highest BCUT2D eigenvalue weighted by Crippen LogP contribution is 2.36. The number of imidazole rings is 1. The molecule has 0 spiro atoms. The van der Waals surface area contributed by atoms with E-state index < -0.39 is 18.0 Å². The minimum atomic E-state index is -0.512. The zero-order valence-corrected chi connectivity index (χ0v) is 18.8. The number of halogens is 1. The maximum atomic E-state index is 14.4. The topological polar surface area (TPSA) is 99.3 Å². The third-order valence-corrected chi connectivity index (χ3v) is 6.39. The number of aliphatic hydroxyl groups is 1. The number of β-amino-alcohol motifs (C(OH)–C–C–N with tert-alkyl or cyclic N) is 1. The molecular weight excluding hydrogens is 435 g/mol. The first-order valence-corrected chi connectivity index (χ1v) is 11.0. The molecule has 0 aliphatic carbocycles. The van der Waals surface area contributed by atoms with Crippen molar-refractivity contribution in [2.24, 2.45) is 7.05 Å². The Balaban J connectivity index is 1.77. The number of hydrogen-bond donors (Lipinski definition) is 2. The number of aliphatic hydroxyl groups excluding tert-OH is 1. The first-order valence-electron chi connectivity index (χ1n) is 11.0. The maximum absolute atomic E-state index is 14.4. The van der Waals surface area contributed by atoms with Crippen LogP contribution in [-0.4, -0.2) is 61.4 Å². The summed E-state index contributed by atoms with van der Waals surface area (Å²) in [5, 5.41) is 23.9. The van der Waals surface area contributed by atoms with Crippen molar-refractivity contribution in [3.63, 3.8) is 0 Å². The fourth-order valence-electron chi connectivity index (χ4n) is 4.76. The second-order valence-electron chi connectivity index (χ2n) is 8.53. The molecule has 4 aromatic rings. The molecule has 1 aliphatic heterocycles. The Hall–Kier alpha value is -3.99. The van der Waals surface area contributed by atoms with Crippen molar-refractivity contribution in [2.45, 2.75) is 25.1 Å². The molecule has 9 nitrogen and oxygen atoms in total. The lowest BCUT2D eigenvalue weighted by atomic mass is 10.1. The molecule has 1 aliphatic rings. The van der Waals surface area contributed by atoms with Crippen LogP contribution in [0.25, 0.3) is 38.2 Å². The number of aryl methyl sites for hydroxylation is 1. The third-order valence-electron chi connectivity index (χ3n) is 6.39. The Kier molecular flexibility index (Phi) is 5.40. The van der Waals surface area contributed by atoms with Crippen LogP contribution in [0.5, 0.6) is 0 Å². The van der Waals surface area contributed by atoms with Crippen molar-refractivity contribution < 1.29 is 9.50 Å². The van der Waals surface area contributed by atoms with Crippen LogP contribution in [0.2, 0.25) is 0 Å². The number of nitriles is 1. The Morgan fingerprint density at radius 3 is 2.88 bits per heavy atom. The number of pyridine rings is 1. The monoisotopic (exact) mass is 458 g/mol. The maximum Gasteiger partial charge on any atom is 0.190 e. The molecule has 5 rings (SSSR count). The van der Waals surface area contributed by atoms with E-state index in [0.29, 0.717) is 47.7 Å². The standard InChI is InChI=1S/C24H23FN8O/c1-27-16-7-14(6-15(25)8-16)20-9-19-22-21(29-13-31(22)3)23(28-2)30-24(19)33(20)11-17(10-26)32-5-4-18(34)12-32/h6-9,13,17-18,34H,4-5,11-12H2,2-3H3,(H,28,30). The lowest BCUT2D eigenvalue weighted by molar-refractivity contribution is 0.166. The Morgan fingerprint density at radius 2 is 2.21 bits per heavy atom. The molecule has 0 bridgehead atoms. The predicted molar refractivity (Wildman–Crippen MR) is 127 cm³/mol. The minimum absolute atomic E-state index is 0.195. The second kappa shape index (κ2) is 8.41. The molecule has 2 unspecified atom stereocenters. The lowest BCUT2D eigenvalue weighted by Gasteiger charge is -2.23. The van der Waals surface area contributed by atoms with Gasteiger partial charge in [0, 0.05) is 38.3 Å². The van der Waals surface area contributed by atoms with Crippen LogP contribution in [0.4, 0.5) is 15.9 Å². The summed E-state index contributed by atoms with van der Waals surface area (Å²) in [6, 6.07) is 8.00. The normalized spacial score (nSPS) is 17.2. The van der Waals surface area contributed by atoms with Crippen LogP contribution in [0, 0.1) is 23.7 Å². The van der Waals surface area contributed by atoms with Gasteiger partial charge in [0.25, 0.3) is 0 Å². The number of nitrogens with one attached hydrogen (secondary N) is 1. The number of aromatic nitrogens is 4. The van der Waals surface area contributed by atoms with E-state index in [4.69, 9.17) is 11.6 Å². The molecule has 0 amide bonds. The molecule has 2 atom stereocenters. The molecule has 10 heteroatoms. The summed E-state index contributed by atoms with van der Waals surface area (Å²) in [4.78, 5) is 14.7. The van der Waals surface area contributed by atoms with Crippen LogP contribution >= 0.6 is 0 Å². The first-order chi connectivity index (χ1) is 16.4. The van der Waals surface area contributed by atoms with Gasteiger partial charge >= 0.3 is 0 Å². The predicted octanol–water partition coefficient (Wildman–Crippen LogP) is 3.28. The van der Waals surface area contributed by atoms with Gasteiger partial charge in [0.2, 0.25) is 0 Å². The van der Waals surface area contributed by atoms with Crippen LogP contribution in [-0.2, 0) is 13.6 Å². The van der Waals surface area contributed by atoms with Gasteiger partial charge in [-0.05, 0) is 36.2 Å². The zero-order chi connectivity index (χ0) is 24.0. The molecule has 1 fully saturated rings. The smallest absolute Gasteiger partial charge is 0.190 e. The molecular formula is C24H23FN8O. The fraction of sp³-hybridized carbons (Fsp3) is 0.333. The molecule has 34 heavy (non-hydrogen) atoms. The van der Waals surface area contributed by atoms with Crippen LogP contribution < -0.4 is 5.32 Å². The average Bonchev–Trinajstić information content (AvgIpc) is 3.53. The summed E-state index contributed by atoms with van der Waals surface area (Å²) in [6.45, 7) is 8.67. The summed E-state index contributed by atoms with van der Waals surface area (Å²) in [7, 11) is 3.67. The van der Waals surface area contributed by atoms with Gasteiger partial charge in [-0.3, -0.25) is 4.90 Å². The number of likely N-dealkylation sites (tertiary alicyclic amines) is 1. The van der Waals surface area contributed by atoms with Crippen LogP contribution in [0.3, 0.4) is 0 Å². The molecule has 2 N–H and O–H groups in total. The van der Waals surface area contributed by atoms with Gasteiger partial charge in [0.15, 0.2) is 11.5 Å². The van der Waals surface area contributed by atoms with Crippen molar-refractivity contribution in [1.82, 2.24) is 24.0 Å². The van der Waals surface area contributed by atoms with Crippen molar-refractivity contribution >= 4 is 33.6 Å². The van der Waals surface area contributed by atoms with E-state index in [1.807, 2.05) is 27.1 Å². The SMILES string of the molecule is [C-]#[N+]c1cc(F)cc(-c2cc3c4c(ncn4C)c(NC)nc3n2CC(C#N)N2CCC(O)C2)c1. The molecule has 172 valence electrons. The van der Waals surface area contributed by atoms with Gasteiger partial charge in [-0.25, -0.2) is 19.2 Å². The van der Waals surface area contributed by atoms with Gasteiger partial charge in [-0.1, -0.05) is 0 Å². The van der Waals surface area contributed by atoms with Gasteiger partial charge in [-0.15, -0.1) is 0 Å². The minimum Gasteiger partial charge on any atom is -0.392 e. The summed E-state index contributed by atoms with van der Waals surface area (Å²) in [5.41, 5.74) is 3.58. The highest BCUT2D eigenvalue weighted by molar-refractivity contribution is 6.07. The third kappa shape index (κ3) is 3.54. The van der Waals surface area contributed by atoms with E-state index in [1.165, 1.54) is 12.1 Å². The van der Waals surface area contributed by atoms with Gasteiger partial charge in [0.1, 0.15) is 23.0 Å². The van der Waals surface area contributed by atoms with Gasteiger partial charge < -0.3 is 19.6 Å². The van der Waals surface area contributed by atoms with E-state index in [0.717, 1.165) is 10.9 Å². The van der Waals surface area contributed by atoms with E-state index in [-0.39, 0.29) is 12.2 Å². The fourth-order valence-corrected chi connectivity index (χ4v) is 4.76. The van der Waals surface area contributed by atoms with Gasteiger partial charge in [-0.2, -0.15) is 5.26 Å². The summed E-state index contributed by atoms with van der Waals surface area (Å²) < 4.78 is 18.2. The van der Waals surface area contributed by atoms with E-state index >= 15 is 0 Å². The largest absolute Gasteiger partial charge is 0.392 e. The number of benzene rings is 1. The van der Waals surface area contributed by atoms with Crippen molar-refractivity contribution in [3.05, 3.63) is 47.8 Å². The molecule has 0 saturated carbocycles. The number of nitrogens with zero attached hydrogens (tertiary/aromatic N) is 7. The highest BCUT2D eigenvalue weighted by atomic mass is 19.1. The number of fused-ring (bicyclic) bond motifs is 3. The molecule has 4 heterocycles. The van der Waals surface area contributed by atoms with Crippen LogP contribution in [0.15, 0.2) is 30.6 Å². The van der Waals surface area contributed by atoms with Gasteiger partial charge in [0.05, 0.1) is 37.1 Å². The lowest BCUT2D eigenvalue weighted by Crippen LogP contribution is -2.36. The zero-order valence-electron chi connectivity index (χ0n) is 18.8. The van der Waals surface area contributed by atoms with E-state index in [1.54, 1.807) is 19.4 Å². The summed E-state index contributed by atoms with van der Waals surface area (Å²) >= 11 is 0. The van der Waals surface area contributed by atoms with E-state index in [9.17, 15) is 14.8 Å². The molecule has 1 saturated heterocycles. The Bertz CT molecular complexity index is 1490. The Labute approximate surface area is 195 Å². The summed E-state index contributed by atoms with van der Waals surface area (Å²) in [6.07, 6.45) is 1.88. The molecule has 0 radical (unpaired) electrons. The van der Waals surface area contributed by atoms with Crippen molar-refractivity contribution in [3.8, 4) is 17.3 Å². The molecule has 3 aromatic heterocycles. The van der Waals surface area contributed by atoms with Crippen molar-refractivity contribution in [2.75, 3.05) is 25.5 Å². The molecule has 1 aromatic carbocycles. The highest BCUT2D eigenvalue weighted by Gasteiger charge is 2.29. The average molecular weight is 459 g/mol. The first kappa shape index (κ1) is 21.8. The number of anilines is 1. The van der Waals surface area contributed by atoms with E-state index in [2.05, 4.69) is 21.2 Å². The number of hydrogen-bond acceptors (Lipinski definition) is 6.